The zero-order chi connectivity index (χ0) is 11.6. The molecule has 0 heterocycles. The molecule has 15 heavy (non-hydrogen) atoms. The molecule has 0 aliphatic carbocycles. The Kier molecular flexibility index (Phi) is 3.44. The molecule has 0 aliphatic rings. The van der Waals surface area contributed by atoms with Gasteiger partial charge in [-0.05, 0) is 18.1 Å². The van der Waals surface area contributed by atoms with Crippen LogP contribution in [0.2, 0.25) is 0 Å². The summed E-state index contributed by atoms with van der Waals surface area (Å²) in [6.07, 6.45) is 0.347. The third-order valence-corrected chi connectivity index (χ3v) is 2.82. The Labute approximate surface area is 94.0 Å². The fourth-order valence-corrected chi connectivity index (χ4v) is 1.97. The third-order valence-electron chi connectivity index (χ3n) is 2.08. The lowest BCUT2D eigenvalue weighted by atomic mass is 10.00. The molecule has 0 aliphatic heterocycles. The van der Waals surface area contributed by atoms with E-state index >= 15 is 0 Å². The summed E-state index contributed by atoms with van der Waals surface area (Å²) >= 11 is 3.12. The van der Waals surface area contributed by atoms with Crippen molar-refractivity contribution in [2.45, 2.75) is 19.3 Å². The van der Waals surface area contributed by atoms with Crippen molar-refractivity contribution in [2.24, 2.45) is 0 Å². The Hall–Kier alpha value is -0.970. The maximum atomic E-state index is 13.3. The van der Waals surface area contributed by atoms with Crippen LogP contribution in [0.25, 0.3) is 0 Å². The average molecular weight is 279 g/mol. The molecule has 0 saturated heterocycles. The zero-order valence-corrected chi connectivity index (χ0v) is 9.51. The van der Waals surface area contributed by atoms with E-state index in [-0.39, 0.29) is 0 Å². The van der Waals surface area contributed by atoms with Gasteiger partial charge in [0.25, 0.3) is 0 Å². The number of halogens is 3. The first-order chi connectivity index (χ1) is 6.91. The van der Waals surface area contributed by atoms with Gasteiger partial charge in [-0.3, -0.25) is 0 Å². The molecule has 1 N–H and O–H groups in total. The molecule has 1 rings (SSSR count). The van der Waals surface area contributed by atoms with Crippen molar-refractivity contribution in [3.8, 4) is 0 Å². The Morgan fingerprint density at radius 2 is 2.13 bits per heavy atom. The van der Waals surface area contributed by atoms with E-state index in [2.05, 4.69) is 15.9 Å². The average Bonchev–Trinajstić information content (AvgIpc) is 2.17. The highest BCUT2D eigenvalue weighted by molar-refractivity contribution is 9.10. The van der Waals surface area contributed by atoms with Crippen LogP contribution >= 0.6 is 15.9 Å². The molecular formula is C10H9BrF2O2. The largest absolute Gasteiger partial charge is 0.477 e. The third kappa shape index (κ3) is 2.17. The first kappa shape index (κ1) is 12.1. The smallest absolute Gasteiger partial charge is 0.379 e. The van der Waals surface area contributed by atoms with Crippen molar-refractivity contribution in [1.82, 2.24) is 0 Å². The van der Waals surface area contributed by atoms with Gasteiger partial charge in [-0.2, -0.15) is 8.78 Å². The highest BCUT2D eigenvalue weighted by Gasteiger charge is 2.42. The molecule has 82 valence electrons. The fourth-order valence-electron chi connectivity index (χ4n) is 1.33. The number of carboxylic acids is 1. The van der Waals surface area contributed by atoms with Crippen molar-refractivity contribution < 1.29 is 18.7 Å². The minimum Gasteiger partial charge on any atom is -0.477 e. The minimum absolute atomic E-state index is 0.324. The predicted molar refractivity (Wildman–Crippen MR) is 55.0 cm³/mol. The highest BCUT2D eigenvalue weighted by Crippen LogP contribution is 2.34. The molecular weight excluding hydrogens is 270 g/mol. The normalized spacial score (nSPS) is 11.5. The summed E-state index contributed by atoms with van der Waals surface area (Å²) in [6.45, 7) is 1.70. The molecule has 5 heteroatoms. The Morgan fingerprint density at radius 3 is 2.60 bits per heavy atom. The quantitative estimate of drug-likeness (QED) is 0.922. The first-order valence-electron chi connectivity index (χ1n) is 4.30. The van der Waals surface area contributed by atoms with E-state index in [4.69, 9.17) is 5.11 Å². The highest BCUT2D eigenvalue weighted by atomic mass is 79.9. The van der Waals surface area contributed by atoms with Gasteiger partial charge in [-0.1, -0.05) is 35.0 Å². The van der Waals surface area contributed by atoms with E-state index in [0.29, 0.717) is 16.5 Å². The van der Waals surface area contributed by atoms with Crippen LogP contribution in [-0.4, -0.2) is 11.1 Å². The van der Waals surface area contributed by atoms with Crippen LogP contribution in [0.5, 0.6) is 0 Å². The molecule has 0 bridgehead atoms. The number of hydrogen-bond donors (Lipinski definition) is 1. The fraction of sp³-hybridized carbons (Fsp3) is 0.300. The summed E-state index contributed by atoms with van der Waals surface area (Å²) in [5, 5.41) is 8.44. The number of carbonyl (C=O) groups is 1. The van der Waals surface area contributed by atoms with E-state index in [9.17, 15) is 13.6 Å². The summed E-state index contributed by atoms with van der Waals surface area (Å²) in [5.74, 6) is -5.97. The Balaban J connectivity index is 3.37. The van der Waals surface area contributed by atoms with Crippen LogP contribution in [0.1, 0.15) is 18.1 Å². The van der Waals surface area contributed by atoms with Crippen molar-refractivity contribution >= 4 is 21.9 Å². The monoisotopic (exact) mass is 278 g/mol. The van der Waals surface area contributed by atoms with Gasteiger partial charge < -0.3 is 5.11 Å². The van der Waals surface area contributed by atoms with Gasteiger partial charge >= 0.3 is 11.9 Å². The van der Waals surface area contributed by atoms with Crippen LogP contribution in [0.15, 0.2) is 22.7 Å². The molecule has 0 spiro atoms. The molecule has 1 aromatic rings. The van der Waals surface area contributed by atoms with Gasteiger partial charge in [0.05, 0.1) is 0 Å². The number of rotatable bonds is 3. The lowest BCUT2D eigenvalue weighted by molar-refractivity contribution is -0.166. The van der Waals surface area contributed by atoms with Crippen molar-refractivity contribution in [3.63, 3.8) is 0 Å². The maximum Gasteiger partial charge on any atom is 0.379 e. The molecule has 0 aromatic heterocycles. The molecule has 0 radical (unpaired) electrons. The lowest BCUT2D eigenvalue weighted by Crippen LogP contribution is -2.26. The number of alkyl halides is 2. The summed E-state index contributed by atoms with van der Waals surface area (Å²) in [6, 6.07) is 4.15. The second-order valence-corrected chi connectivity index (χ2v) is 3.85. The molecule has 0 saturated carbocycles. The van der Waals surface area contributed by atoms with E-state index in [0.717, 1.165) is 6.07 Å². The van der Waals surface area contributed by atoms with Gasteiger partial charge in [-0.25, -0.2) is 4.79 Å². The molecule has 2 nitrogen and oxygen atoms in total. The van der Waals surface area contributed by atoms with Crippen LogP contribution in [-0.2, 0) is 17.1 Å². The summed E-state index contributed by atoms with van der Waals surface area (Å²) in [4.78, 5) is 10.4. The SMILES string of the molecule is CCc1c(Br)cccc1C(F)(F)C(=O)O. The number of benzene rings is 1. The standard InChI is InChI=1S/C10H9BrF2O2/c1-2-6-7(4-3-5-8(6)11)10(12,13)9(14)15/h3-5H,2H2,1H3,(H,14,15). The van der Waals surface area contributed by atoms with Gasteiger partial charge in [0.2, 0.25) is 0 Å². The maximum absolute atomic E-state index is 13.3. The van der Waals surface area contributed by atoms with Crippen LogP contribution in [0.3, 0.4) is 0 Å². The molecule has 0 fully saturated rings. The molecule has 1 aromatic carbocycles. The topological polar surface area (TPSA) is 37.3 Å². The Bertz CT molecular complexity index is 391. The first-order valence-corrected chi connectivity index (χ1v) is 5.09. The number of aliphatic carboxylic acids is 1. The second-order valence-electron chi connectivity index (χ2n) is 3.00. The molecule has 0 atom stereocenters. The number of hydrogen-bond acceptors (Lipinski definition) is 1. The summed E-state index contributed by atoms with van der Waals surface area (Å²) in [5.41, 5.74) is -0.128. The zero-order valence-electron chi connectivity index (χ0n) is 7.93. The van der Waals surface area contributed by atoms with Crippen molar-refractivity contribution in [2.75, 3.05) is 0 Å². The molecule has 0 unspecified atom stereocenters. The van der Waals surface area contributed by atoms with E-state index in [1.165, 1.54) is 6.07 Å². The van der Waals surface area contributed by atoms with E-state index in [1.54, 1.807) is 13.0 Å². The lowest BCUT2D eigenvalue weighted by Gasteiger charge is -2.16. The Morgan fingerprint density at radius 1 is 1.53 bits per heavy atom. The van der Waals surface area contributed by atoms with Crippen molar-refractivity contribution in [3.05, 3.63) is 33.8 Å². The minimum atomic E-state index is -3.84. The van der Waals surface area contributed by atoms with Gasteiger partial charge in [-0.15, -0.1) is 0 Å². The summed E-state index contributed by atoms with van der Waals surface area (Å²) in [7, 11) is 0. The number of carboxylic acid groups (broad SMARTS) is 1. The van der Waals surface area contributed by atoms with E-state index < -0.39 is 17.5 Å². The van der Waals surface area contributed by atoms with Crippen LogP contribution < -0.4 is 0 Å². The van der Waals surface area contributed by atoms with Gasteiger partial charge in [0, 0.05) is 10.0 Å². The van der Waals surface area contributed by atoms with E-state index in [1.807, 2.05) is 0 Å². The van der Waals surface area contributed by atoms with Crippen LogP contribution in [0, 0.1) is 0 Å². The van der Waals surface area contributed by atoms with Crippen molar-refractivity contribution in [1.29, 1.82) is 0 Å². The van der Waals surface area contributed by atoms with Gasteiger partial charge in [0.15, 0.2) is 0 Å². The molecule has 0 amide bonds. The second kappa shape index (κ2) is 4.26. The summed E-state index contributed by atoms with van der Waals surface area (Å²) < 4.78 is 27.1. The van der Waals surface area contributed by atoms with Gasteiger partial charge in [0.1, 0.15) is 0 Å². The van der Waals surface area contributed by atoms with Crippen LogP contribution in [0.4, 0.5) is 8.78 Å². The predicted octanol–water partition coefficient (Wildman–Crippen LogP) is 3.19.